The molecule has 0 radical (unpaired) electrons. The zero-order valence-electron chi connectivity index (χ0n) is 18.2. The van der Waals surface area contributed by atoms with E-state index in [-0.39, 0.29) is 17.4 Å². The Morgan fingerprint density at radius 2 is 2.03 bits per heavy atom. The SMILES string of the molecule is CC1(C)Cc2cccc(CN3CCC(CNC(=O)CN4CCNC(=O)C4)CC3)c2O1. The third-order valence-electron chi connectivity index (χ3n) is 6.35. The normalized spacial score (nSPS) is 22.3. The van der Waals surface area contributed by atoms with Crippen LogP contribution in [-0.4, -0.2) is 73.0 Å². The fourth-order valence-corrected chi connectivity index (χ4v) is 4.74. The molecule has 1 aromatic rings. The molecule has 164 valence electrons. The molecule has 0 atom stereocenters. The molecule has 3 aliphatic heterocycles. The quantitative estimate of drug-likeness (QED) is 0.731. The lowest BCUT2D eigenvalue weighted by molar-refractivity contribution is -0.127. The number of piperazine rings is 1. The van der Waals surface area contributed by atoms with Gasteiger partial charge in [-0.15, -0.1) is 0 Å². The van der Waals surface area contributed by atoms with Crippen LogP contribution in [0.2, 0.25) is 0 Å². The lowest BCUT2D eigenvalue weighted by Gasteiger charge is -2.32. The van der Waals surface area contributed by atoms with Crippen LogP contribution in [-0.2, 0) is 22.6 Å². The first-order valence-corrected chi connectivity index (χ1v) is 11.2. The average Bonchev–Trinajstić information content (AvgIpc) is 3.02. The molecule has 0 aromatic heterocycles. The largest absolute Gasteiger partial charge is 0.487 e. The first kappa shape index (κ1) is 21.1. The molecule has 0 spiro atoms. The zero-order valence-corrected chi connectivity index (χ0v) is 18.2. The maximum absolute atomic E-state index is 12.2. The second-order valence-corrected chi connectivity index (χ2v) is 9.53. The fourth-order valence-electron chi connectivity index (χ4n) is 4.74. The van der Waals surface area contributed by atoms with Gasteiger partial charge < -0.3 is 15.4 Å². The van der Waals surface area contributed by atoms with E-state index in [4.69, 9.17) is 4.74 Å². The highest BCUT2D eigenvalue weighted by Crippen LogP contribution is 2.38. The van der Waals surface area contributed by atoms with Crippen molar-refractivity contribution in [2.75, 3.05) is 45.8 Å². The number of amides is 2. The molecule has 0 unspecified atom stereocenters. The number of ether oxygens (including phenoxy) is 1. The van der Waals surface area contributed by atoms with Gasteiger partial charge in [0, 0.05) is 38.2 Å². The second-order valence-electron chi connectivity index (χ2n) is 9.53. The Labute approximate surface area is 179 Å². The summed E-state index contributed by atoms with van der Waals surface area (Å²) in [5, 5.41) is 5.85. The Hall–Kier alpha value is -2.12. The maximum atomic E-state index is 12.2. The molecule has 1 aromatic carbocycles. The van der Waals surface area contributed by atoms with E-state index in [1.807, 2.05) is 4.90 Å². The van der Waals surface area contributed by atoms with Crippen LogP contribution in [0.5, 0.6) is 5.75 Å². The number of fused-ring (bicyclic) bond motifs is 1. The van der Waals surface area contributed by atoms with Crippen LogP contribution in [0.1, 0.15) is 37.8 Å². The molecular formula is C23H34N4O3. The average molecular weight is 415 g/mol. The molecule has 2 N–H and O–H groups in total. The van der Waals surface area contributed by atoms with E-state index < -0.39 is 0 Å². The molecular weight excluding hydrogens is 380 g/mol. The van der Waals surface area contributed by atoms with Gasteiger partial charge in [-0.3, -0.25) is 19.4 Å². The summed E-state index contributed by atoms with van der Waals surface area (Å²) >= 11 is 0. The van der Waals surface area contributed by atoms with Crippen LogP contribution in [0.3, 0.4) is 0 Å². The molecule has 3 heterocycles. The predicted octanol–water partition coefficient (Wildman–Crippen LogP) is 1.16. The van der Waals surface area contributed by atoms with Crippen LogP contribution in [0.15, 0.2) is 18.2 Å². The number of para-hydroxylation sites is 1. The Balaban J connectivity index is 1.19. The minimum absolute atomic E-state index is 0.000515. The van der Waals surface area contributed by atoms with Crippen molar-refractivity contribution in [1.82, 2.24) is 20.4 Å². The van der Waals surface area contributed by atoms with Gasteiger partial charge in [0.1, 0.15) is 11.4 Å². The minimum Gasteiger partial charge on any atom is -0.487 e. The lowest BCUT2D eigenvalue weighted by atomic mass is 9.96. The number of carbonyl (C=O) groups excluding carboxylic acids is 2. The van der Waals surface area contributed by atoms with E-state index in [0.717, 1.165) is 57.7 Å². The Morgan fingerprint density at radius 1 is 1.23 bits per heavy atom. The number of nitrogens with one attached hydrogen (secondary N) is 2. The standard InChI is InChI=1S/C23H34N4O3/c1-23(2)12-18-4-3-5-19(22(18)30-23)14-26-9-6-17(7-10-26)13-25-21(29)16-27-11-8-24-20(28)15-27/h3-5,17H,6-16H2,1-2H3,(H,24,28)(H,25,29). The van der Waals surface area contributed by atoms with Gasteiger partial charge in [-0.25, -0.2) is 0 Å². The molecule has 4 rings (SSSR count). The molecule has 7 nitrogen and oxygen atoms in total. The molecule has 2 amide bonds. The topological polar surface area (TPSA) is 73.9 Å². The molecule has 0 saturated carbocycles. The predicted molar refractivity (Wildman–Crippen MR) is 115 cm³/mol. The van der Waals surface area contributed by atoms with Crippen molar-refractivity contribution in [1.29, 1.82) is 0 Å². The number of benzene rings is 1. The first-order valence-electron chi connectivity index (χ1n) is 11.2. The molecule has 0 bridgehead atoms. The summed E-state index contributed by atoms with van der Waals surface area (Å²) in [6.07, 6.45) is 3.15. The van der Waals surface area contributed by atoms with E-state index >= 15 is 0 Å². The van der Waals surface area contributed by atoms with E-state index in [2.05, 4.69) is 47.6 Å². The fraction of sp³-hybridized carbons (Fsp3) is 0.652. The molecule has 2 saturated heterocycles. The van der Waals surface area contributed by atoms with Crippen molar-refractivity contribution in [3.05, 3.63) is 29.3 Å². The number of nitrogens with zero attached hydrogens (tertiary/aromatic N) is 2. The summed E-state index contributed by atoms with van der Waals surface area (Å²) in [6, 6.07) is 6.51. The van der Waals surface area contributed by atoms with Crippen molar-refractivity contribution in [3.63, 3.8) is 0 Å². The van der Waals surface area contributed by atoms with E-state index in [9.17, 15) is 9.59 Å². The summed E-state index contributed by atoms with van der Waals surface area (Å²) in [7, 11) is 0. The van der Waals surface area contributed by atoms with Gasteiger partial charge in [0.25, 0.3) is 0 Å². The highest BCUT2D eigenvalue weighted by Gasteiger charge is 2.32. The van der Waals surface area contributed by atoms with Crippen LogP contribution in [0, 0.1) is 5.92 Å². The van der Waals surface area contributed by atoms with Gasteiger partial charge in [-0.1, -0.05) is 18.2 Å². The molecule has 0 aliphatic carbocycles. The number of hydrogen-bond acceptors (Lipinski definition) is 5. The maximum Gasteiger partial charge on any atom is 0.234 e. The smallest absolute Gasteiger partial charge is 0.234 e. The number of piperidine rings is 1. The number of hydrogen-bond donors (Lipinski definition) is 2. The van der Waals surface area contributed by atoms with Crippen molar-refractivity contribution in [2.24, 2.45) is 5.92 Å². The second kappa shape index (κ2) is 8.94. The van der Waals surface area contributed by atoms with Gasteiger partial charge in [0.2, 0.25) is 11.8 Å². The van der Waals surface area contributed by atoms with E-state index in [1.165, 1.54) is 11.1 Å². The van der Waals surface area contributed by atoms with Crippen LogP contribution < -0.4 is 15.4 Å². The van der Waals surface area contributed by atoms with Crippen LogP contribution >= 0.6 is 0 Å². The summed E-state index contributed by atoms with van der Waals surface area (Å²) in [5.74, 6) is 1.63. The Kier molecular flexibility index (Phi) is 6.29. The Morgan fingerprint density at radius 3 is 2.80 bits per heavy atom. The summed E-state index contributed by atoms with van der Waals surface area (Å²) < 4.78 is 6.22. The summed E-state index contributed by atoms with van der Waals surface area (Å²) in [4.78, 5) is 28.0. The Bertz CT molecular complexity index is 787. The van der Waals surface area contributed by atoms with Gasteiger partial charge >= 0.3 is 0 Å². The highest BCUT2D eigenvalue weighted by atomic mass is 16.5. The zero-order chi connectivity index (χ0) is 21.1. The number of likely N-dealkylation sites (tertiary alicyclic amines) is 1. The minimum atomic E-state index is -0.109. The molecule has 3 aliphatic rings. The van der Waals surface area contributed by atoms with Crippen LogP contribution in [0.25, 0.3) is 0 Å². The van der Waals surface area contributed by atoms with Gasteiger partial charge in [-0.05, 0) is 51.3 Å². The number of carbonyl (C=O) groups is 2. The lowest BCUT2D eigenvalue weighted by Crippen LogP contribution is -2.51. The van der Waals surface area contributed by atoms with Crippen molar-refractivity contribution in [3.8, 4) is 5.75 Å². The van der Waals surface area contributed by atoms with Crippen LogP contribution in [0.4, 0.5) is 0 Å². The summed E-state index contributed by atoms with van der Waals surface area (Å²) in [6.45, 7) is 10.0. The third-order valence-corrected chi connectivity index (χ3v) is 6.35. The van der Waals surface area contributed by atoms with Gasteiger partial charge in [0.15, 0.2) is 0 Å². The third kappa shape index (κ3) is 5.32. The van der Waals surface area contributed by atoms with E-state index in [1.54, 1.807) is 0 Å². The van der Waals surface area contributed by atoms with Crippen molar-refractivity contribution >= 4 is 11.8 Å². The number of rotatable bonds is 6. The monoisotopic (exact) mass is 414 g/mol. The van der Waals surface area contributed by atoms with E-state index in [0.29, 0.717) is 25.6 Å². The highest BCUT2D eigenvalue weighted by molar-refractivity contribution is 5.81. The molecule has 30 heavy (non-hydrogen) atoms. The van der Waals surface area contributed by atoms with Crippen molar-refractivity contribution in [2.45, 2.75) is 45.3 Å². The summed E-state index contributed by atoms with van der Waals surface area (Å²) in [5.41, 5.74) is 2.50. The molecule has 2 fully saturated rings. The molecule has 7 heteroatoms. The first-order chi connectivity index (χ1) is 14.4. The van der Waals surface area contributed by atoms with Gasteiger partial charge in [-0.2, -0.15) is 0 Å². The van der Waals surface area contributed by atoms with Gasteiger partial charge in [0.05, 0.1) is 13.1 Å². The van der Waals surface area contributed by atoms with Crippen molar-refractivity contribution < 1.29 is 14.3 Å².